The summed E-state index contributed by atoms with van der Waals surface area (Å²) in [4.78, 5) is 13.6. The molecule has 0 spiro atoms. The van der Waals surface area contributed by atoms with Crippen LogP contribution >= 0.6 is 11.3 Å². The highest BCUT2D eigenvalue weighted by molar-refractivity contribution is 7.18. The Bertz CT molecular complexity index is 864. The summed E-state index contributed by atoms with van der Waals surface area (Å²) in [5.41, 5.74) is -1.66. The van der Waals surface area contributed by atoms with E-state index in [1.54, 1.807) is 6.07 Å². The Morgan fingerprint density at radius 2 is 1.93 bits per heavy atom. The second-order valence-corrected chi connectivity index (χ2v) is 9.57. The third-order valence-electron chi connectivity index (χ3n) is 6.05. The van der Waals surface area contributed by atoms with Crippen molar-refractivity contribution < 1.29 is 22.0 Å². The quantitative estimate of drug-likeness (QED) is 0.616. The van der Waals surface area contributed by atoms with E-state index in [4.69, 9.17) is 0 Å². The molecule has 0 bridgehead atoms. The molecule has 0 N–H and O–H groups in total. The predicted molar refractivity (Wildman–Crippen MR) is 108 cm³/mol. The maximum Gasteiger partial charge on any atom is 0.393 e. The Balaban J connectivity index is 1.39. The van der Waals surface area contributed by atoms with Crippen molar-refractivity contribution in [2.75, 3.05) is 44.3 Å². The van der Waals surface area contributed by atoms with Gasteiger partial charge in [-0.25, -0.2) is 18.7 Å². The standard InChI is InChI=1S/C20H25F5N4S/c21-12-19(22)3-1-2-14(9-19)11-28-4-6-29(7-5-28)17-16-8-15(10-20(23,24)25)30-18(16)27-13-26-17/h8,13-14H,1-7,9-12H2. The number of fused-ring (bicyclic) bond motifs is 1. The molecule has 10 heteroatoms. The molecule has 1 aliphatic heterocycles. The van der Waals surface area contributed by atoms with Crippen LogP contribution in [0.25, 0.3) is 10.2 Å². The molecule has 2 aliphatic rings. The van der Waals surface area contributed by atoms with Gasteiger partial charge < -0.3 is 4.90 Å². The molecule has 0 amide bonds. The molecule has 1 saturated heterocycles. The van der Waals surface area contributed by atoms with Gasteiger partial charge in [-0.15, -0.1) is 11.3 Å². The van der Waals surface area contributed by atoms with Crippen molar-refractivity contribution >= 4 is 27.4 Å². The average Bonchev–Trinajstić information content (AvgIpc) is 3.09. The molecule has 0 aromatic carbocycles. The first-order valence-electron chi connectivity index (χ1n) is 10.3. The first kappa shape index (κ1) is 21.7. The van der Waals surface area contributed by atoms with Gasteiger partial charge in [-0.05, 0) is 37.7 Å². The number of halogens is 5. The minimum absolute atomic E-state index is 0.165. The summed E-state index contributed by atoms with van der Waals surface area (Å²) in [5, 5.41) is 0.660. The fourth-order valence-electron chi connectivity index (χ4n) is 4.64. The lowest BCUT2D eigenvalue weighted by Gasteiger charge is -2.39. The highest BCUT2D eigenvalue weighted by atomic mass is 32.1. The molecule has 30 heavy (non-hydrogen) atoms. The van der Waals surface area contributed by atoms with E-state index in [2.05, 4.69) is 19.8 Å². The smallest absolute Gasteiger partial charge is 0.353 e. The zero-order chi connectivity index (χ0) is 21.4. The molecule has 3 heterocycles. The maximum atomic E-state index is 14.4. The Labute approximate surface area is 176 Å². The minimum atomic E-state index is -4.25. The Morgan fingerprint density at radius 3 is 2.63 bits per heavy atom. The van der Waals surface area contributed by atoms with Crippen LogP contribution in [0.3, 0.4) is 0 Å². The third kappa shape index (κ3) is 5.01. The molecule has 166 valence electrons. The summed E-state index contributed by atoms with van der Waals surface area (Å²) in [5.74, 6) is 0.834. The molecule has 2 aromatic rings. The van der Waals surface area contributed by atoms with Crippen molar-refractivity contribution in [2.24, 2.45) is 5.92 Å². The van der Waals surface area contributed by atoms with Crippen LogP contribution in [0.5, 0.6) is 0 Å². The molecule has 2 atom stereocenters. The SMILES string of the molecule is FCC1(F)CCCC(CN2CCN(c3ncnc4sc(CC(F)(F)F)cc34)CC2)C1. The summed E-state index contributed by atoms with van der Waals surface area (Å²) >= 11 is 1.05. The van der Waals surface area contributed by atoms with E-state index in [-0.39, 0.29) is 17.2 Å². The number of piperazine rings is 1. The van der Waals surface area contributed by atoms with E-state index in [9.17, 15) is 22.0 Å². The molecular weight excluding hydrogens is 423 g/mol. The van der Waals surface area contributed by atoms with Gasteiger partial charge in [0.1, 0.15) is 29.3 Å². The van der Waals surface area contributed by atoms with Gasteiger partial charge in [0.2, 0.25) is 0 Å². The number of aromatic nitrogens is 2. The van der Waals surface area contributed by atoms with E-state index in [1.807, 2.05) is 0 Å². The van der Waals surface area contributed by atoms with Crippen molar-refractivity contribution in [1.82, 2.24) is 14.9 Å². The molecule has 1 aliphatic carbocycles. The lowest BCUT2D eigenvalue weighted by atomic mass is 9.79. The van der Waals surface area contributed by atoms with Crippen LogP contribution in [0.15, 0.2) is 12.4 Å². The van der Waals surface area contributed by atoms with Gasteiger partial charge in [-0.2, -0.15) is 13.2 Å². The second-order valence-electron chi connectivity index (χ2n) is 8.46. The largest absolute Gasteiger partial charge is 0.393 e. The fourth-order valence-corrected chi connectivity index (χ4v) is 5.66. The van der Waals surface area contributed by atoms with Gasteiger partial charge in [-0.3, -0.25) is 4.90 Å². The number of rotatable bonds is 5. The van der Waals surface area contributed by atoms with Gasteiger partial charge in [0, 0.05) is 37.6 Å². The van der Waals surface area contributed by atoms with Crippen molar-refractivity contribution in [3.05, 3.63) is 17.3 Å². The lowest BCUT2D eigenvalue weighted by Crippen LogP contribution is -2.49. The first-order chi connectivity index (χ1) is 14.2. The average molecular weight is 449 g/mol. The molecular formula is C20H25F5N4S. The molecule has 4 nitrogen and oxygen atoms in total. The Morgan fingerprint density at radius 1 is 1.17 bits per heavy atom. The Hall–Kier alpha value is -1.55. The molecule has 0 radical (unpaired) electrons. The topological polar surface area (TPSA) is 32.3 Å². The van der Waals surface area contributed by atoms with Gasteiger partial charge in [-0.1, -0.05) is 0 Å². The number of nitrogens with zero attached hydrogens (tertiary/aromatic N) is 4. The van der Waals surface area contributed by atoms with Gasteiger partial charge in [0.15, 0.2) is 0 Å². The summed E-state index contributed by atoms with van der Waals surface area (Å²) in [6.45, 7) is 2.75. The van der Waals surface area contributed by atoms with Crippen LogP contribution in [0, 0.1) is 5.92 Å². The summed E-state index contributed by atoms with van der Waals surface area (Å²) < 4.78 is 65.6. The van der Waals surface area contributed by atoms with Crippen LogP contribution in [0.4, 0.5) is 27.8 Å². The lowest BCUT2D eigenvalue weighted by molar-refractivity contribution is -0.126. The van der Waals surface area contributed by atoms with E-state index in [0.29, 0.717) is 35.5 Å². The number of hydrogen-bond acceptors (Lipinski definition) is 5. The minimum Gasteiger partial charge on any atom is -0.353 e. The Kier molecular flexibility index (Phi) is 6.16. The predicted octanol–water partition coefficient (Wildman–Crippen LogP) is 4.79. The molecule has 4 rings (SSSR count). The molecule has 2 aromatic heterocycles. The number of thiophene rings is 1. The maximum absolute atomic E-state index is 14.4. The zero-order valence-electron chi connectivity index (χ0n) is 16.6. The van der Waals surface area contributed by atoms with Crippen molar-refractivity contribution in [3.8, 4) is 0 Å². The fraction of sp³-hybridized carbons (Fsp3) is 0.700. The van der Waals surface area contributed by atoms with E-state index in [0.717, 1.165) is 43.8 Å². The van der Waals surface area contributed by atoms with E-state index < -0.39 is 24.9 Å². The normalized spacial score (nSPS) is 26.4. The van der Waals surface area contributed by atoms with Crippen LogP contribution < -0.4 is 4.90 Å². The van der Waals surface area contributed by atoms with Gasteiger partial charge >= 0.3 is 6.18 Å². The van der Waals surface area contributed by atoms with Gasteiger partial charge in [0.05, 0.1) is 11.8 Å². The highest BCUT2D eigenvalue weighted by Gasteiger charge is 2.37. The van der Waals surface area contributed by atoms with Crippen LogP contribution in [0.2, 0.25) is 0 Å². The number of hydrogen-bond donors (Lipinski definition) is 0. The molecule has 2 fully saturated rings. The molecule has 1 saturated carbocycles. The summed E-state index contributed by atoms with van der Waals surface area (Å²) in [6, 6.07) is 1.55. The molecule has 2 unspecified atom stereocenters. The number of anilines is 1. The number of alkyl halides is 5. The van der Waals surface area contributed by atoms with Crippen LogP contribution in [-0.4, -0.2) is 66.1 Å². The summed E-state index contributed by atoms with van der Waals surface area (Å²) in [6.07, 6.45) is -1.56. The van der Waals surface area contributed by atoms with Crippen molar-refractivity contribution in [2.45, 2.75) is 43.9 Å². The van der Waals surface area contributed by atoms with E-state index >= 15 is 0 Å². The second kappa shape index (κ2) is 8.53. The van der Waals surface area contributed by atoms with E-state index in [1.165, 1.54) is 6.33 Å². The third-order valence-corrected chi connectivity index (χ3v) is 7.10. The van der Waals surface area contributed by atoms with Crippen molar-refractivity contribution in [1.29, 1.82) is 0 Å². The highest BCUT2D eigenvalue weighted by Crippen LogP contribution is 2.37. The zero-order valence-corrected chi connectivity index (χ0v) is 17.4. The first-order valence-corrected chi connectivity index (χ1v) is 11.1. The van der Waals surface area contributed by atoms with Gasteiger partial charge in [0.25, 0.3) is 0 Å². The van der Waals surface area contributed by atoms with Crippen molar-refractivity contribution in [3.63, 3.8) is 0 Å². The monoisotopic (exact) mass is 448 g/mol. The summed E-state index contributed by atoms with van der Waals surface area (Å²) in [7, 11) is 0. The van der Waals surface area contributed by atoms with Crippen LogP contribution in [0.1, 0.15) is 30.6 Å². The van der Waals surface area contributed by atoms with Crippen LogP contribution in [-0.2, 0) is 6.42 Å².